The second-order valence-corrected chi connectivity index (χ2v) is 15.8. The van der Waals surface area contributed by atoms with Crippen molar-refractivity contribution in [2.45, 2.75) is 252 Å². The van der Waals surface area contributed by atoms with Crippen LogP contribution in [0.5, 0.6) is 0 Å². The fraction of sp³-hybridized carbons (Fsp3) is 0.933. The van der Waals surface area contributed by atoms with Gasteiger partial charge < -0.3 is 14.2 Å². The fourth-order valence-corrected chi connectivity index (χ4v) is 6.63. The quantitative estimate of drug-likeness (QED) is 0.0356. The van der Waals surface area contributed by atoms with Crippen LogP contribution in [-0.2, 0) is 28.6 Å². The van der Waals surface area contributed by atoms with Gasteiger partial charge in [0, 0.05) is 19.3 Å². The zero-order chi connectivity index (χ0) is 37.5. The highest BCUT2D eigenvalue weighted by Crippen LogP contribution is 2.16. The van der Waals surface area contributed by atoms with Crippen molar-refractivity contribution in [1.29, 1.82) is 0 Å². The topological polar surface area (TPSA) is 78.9 Å². The number of carbonyl (C=O) groups excluding carboxylic acids is 3. The van der Waals surface area contributed by atoms with Gasteiger partial charge in [-0.2, -0.15) is 0 Å². The summed E-state index contributed by atoms with van der Waals surface area (Å²) >= 11 is 0. The van der Waals surface area contributed by atoms with Gasteiger partial charge in [0.25, 0.3) is 0 Å². The highest BCUT2D eigenvalue weighted by atomic mass is 16.6. The summed E-state index contributed by atoms with van der Waals surface area (Å²) < 4.78 is 16.7. The van der Waals surface area contributed by atoms with Crippen molar-refractivity contribution in [1.82, 2.24) is 0 Å². The average Bonchev–Trinajstić information content (AvgIpc) is 3.11. The molecule has 0 N–H and O–H groups in total. The largest absolute Gasteiger partial charge is 0.462 e. The van der Waals surface area contributed by atoms with Crippen LogP contribution in [0.3, 0.4) is 0 Å². The van der Waals surface area contributed by atoms with E-state index in [1.807, 2.05) is 0 Å². The first-order valence-corrected chi connectivity index (χ1v) is 22.4. The van der Waals surface area contributed by atoms with Crippen LogP contribution in [0.4, 0.5) is 0 Å². The fourth-order valence-electron chi connectivity index (χ4n) is 6.63. The predicted molar refractivity (Wildman–Crippen MR) is 215 cm³/mol. The third-order valence-corrected chi connectivity index (χ3v) is 10.0. The van der Waals surface area contributed by atoms with Crippen molar-refractivity contribution in [3.05, 3.63) is 0 Å². The number of unbranched alkanes of at least 4 members (excludes halogenated alkanes) is 27. The Morgan fingerprint density at radius 1 is 0.373 bits per heavy atom. The first-order valence-electron chi connectivity index (χ1n) is 22.4. The standard InChI is InChI=1S/C45H86O6/c1-5-7-9-11-13-15-17-18-19-20-22-24-29-33-37-44(47)50-40-42(51-45(48)38-34-30-26-25-27-31-35-41(3)4)39-49-43(46)36-32-28-23-21-16-14-12-10-8-6-2/h41-42H,5-40H2,1-4H3/t42-/m0/s1. The Labute approximate surface area is 317 Å². The third kappa shape index (κ3) is 39.5. The van der Waals surface area contributed by atoms with Crippen molar-refractivity contribution in [3.63, 3.8) is 0 Å². The van der Waals surface area contributed by atoms with E-state index in [1.54, 1.807) is 0 Å². The molecule has 302 valence electrons. The predicted octanol–water partition coefficient (Wildman–Crippen LogP) is 13.9. The van der Waals surface area contributed by atoms with E-state index in [4.69, 9.17) is 14.2 Å². The van der Waals surface area contributed by atoms with Gasteiger partial charge in [-0.15, -0.1) is 0 Å². The van der Waals surface area contributed by atoms with Gasteiger partial charge >= 0.3 is 17.9 Å². The molecular weight excluding hydrogens is 636 g/mol. The molecular formula is C45H86O6. The molecule has 0 spiro atoms. The summed E-state index contributed by atoms with van der Waals surface area (Å²) in [6.07, 6.45) is 38.1. The molecule has 0 aromatic carbocycles. The van der Waals surface area contributed by atoms with Crippen LogP contribution >= 0.6 is 0 Å². The Hall–Kier alpha value is -1.59. The number of hydrogen-bond acceptors (Lipinski definition) is 6. The zero-order valence-electron chi connectivity index (χ0n) is 34.6. The van der Waals surface area contributed by atoms with Gasteiger partial charge in [0.2, 0.25) is 0 Å². The van der Waals surface area contributed by atoms with Gasteiger partial charge in [-0.3, -0.25) is 14.4 Å². The molecule has 0 aliphatic carbocycles. The highest BCUT2D eigenvalue weighted by molar-refractivity contribution is 5.71. The van der Waals surface area contributed by atoms with E-state index < -0.39 is 6.10 Å². The minimum Gasteiger partial charge on any atom is -0.462 e. The van der Waals surface area contributed by atoms with Crippen molar-refractivity contribution < 1.29 is 28.6 Å². The Bertz CT molecular complexity index is 766. The number of ether oxygens (including phenoxy) is 3. The monoisotopic (exact) mass is 723 g/mol. The van der Waals surface area contributed by atoms with Crippen LogP contribution in [0.25, 0.3) is 0 Å². The van der Waals surface area contributed by atoms with Crippen LogP contribution in [0.2, 0.25) is 0 Å². The van der Waals surface area contributed by atoms with E-state index >= 15 is 0 Å². The molecule has 0 heterocycles. The molecule has 0 bridgehead atoms. The molecule has 0 aliphatic rings. The van der Waals surface area contributed by atoms with Crippen molar-refractivity contribution in [2.75, 3.05) is 13.2 Å². The highest BCUT2D eigenvalue weighted by Gasteiger charge is 2.19. The lowest BCUT2D eigenvalue weighted by molar-refractivity contribution is -0.167. The molecule has 51 heavy (non-hydrogen) atoms. The van der Waals surface area contributed by atoms with Crippen LogP contribution in [0, 0.1) is 5.92 Å². The minimum absolute atomic E-state index is 0.0649. The van der Waals surface area contributed by atoms with Gasteiger partial charge in [0.05, 0.1) is 0 Å². The van der Waals surface area contributed by atoms with Crippen molar-refractivity contribution in [2.24, 2.45) is 5.92 Å². The van der Waals surface area contributed by atoms with Crippen LogP contribution in [0.1, 0.15) is 246 Å². The Morgan fingerprint density at radius 2 is 0.647 bits per heavy atom. The number of rotatable bonds is 40. The summed E-state index contributed by atoms with van der Waals surface area (Å²) in [7, 11) is 0. The third-order valence-electron chi connectivity index (χ3n) is 10.0. The molecule has 0 unspecified atom stereocenters. The van der Waals surface area contributed by atoms with Gasteiger partial charge in [-0.1, -0.05) is 207 Å². The normalized spacial score (nSPS) is 11.9. The van der Waals surface area contributed by atoms with Crippen LogP contribution < -0.4 is 0 Å². The summed E-state index contributed by atoms with van der Waals surface area (Å²) in [6, 6.07) is 0. The number of hydrogen-bond donors (Lipinski definition) is 0. The maximum Gasteiger partial charge on any atom is 0.306 e. The maximum atomic E-state index is 12.6. The Balaban J connectivity index is 4.29. The maximum absolute atomic E-state index is 12.6. The van der Waals surface area contributed by atoms with E-state index in [-0.39, 0.29) is 31.1 Å². The second kappa shape index (κ2) is 39.6. The number of carbonyl (C=O) groups is 3. The van der Waals surface area contributed by atoms with Gasteiger partial charge in [-0.25, -0.2) is 0 Å². The molecule has 0 aliphatic heterocycles. The Morgan fingerprint density at radius 3 is 0.961 bits per heavy atom. The molecule has 0 aromatic heterocycles. The molecule has 0 amide bonds. The van der Waals surface area contributed by atoms with Crippen molar-refractivity contribution >= 4 is 17.9 Å². The SMILES string of the molecule is CCCCCCCCCCCCCCCCC(=O)OC[C@H](COC(=O)CCCCCCCCCCCC)OC(=O)CCCCCCCCC(C)C. The lowest BCUT2D eigenvalue weighted by Gasteiger charge is -2.18. The summed E-state index contributed by atoms with van der Waals surface area (Å²) in [4.78, 5) is 37.6. The minimum atomic E-state index is -0.759. The molecule has 0 rings (SSSR count). The lowest BCUT2D eigenvalue weighted by atomic mass is 10.0. The van der Waals surface area contributed by atoms with Crippen LogP contribution in [0.15, 0.2) is 0 Å². The van der Waals surface area contributed by atoms with E-state index in [9.17, 15) is 14.4 Å². The van der Waals surface area contributed by atoms with E-state index in [0.717, 1.165) is 63.7 Å². The average molecular weight is 723 g/mol. The van der Waals surface area contributed by atoms with Gasteiger partial charge in [-0.05, 0) is 25.2 Å². The van der Waals surface area contributed by atoms with E-state index in [0.29, 0.717) is 19.3 Å². The molecule has 0 fully saturated rings. The first-order chi connectivity index (χ1) is 24.9. The molecule has 6 nitrogen and oxygen atoms in total. The summed E-state index contributed by atoms with van der Waals surface area (Å²) in [5.41, 5.74) is 0. The molecule has 0 aromatic rings. The van der Waals surface area contributed by atoms with Crippen molar-refractivity contribution in [3.8, 4) is 0 Å². The smallest absolute Gasteiger partial charge is 0.306 e. The number of esters is 3. The second-order valence-electron chi connectivity index (χ2n) is 15.8. The summed E-state index contributed by atoms with van der Waals surface area (Å²) in [6.45, 7) is 8.91. The Kier molecular flexibility index (Phi) is 38.4. The van der Waals surface area contributed by atoms with E-state index in [2.05, 4.69) is 27.7 Å². The van der Waals surface area contributed by atoms with Crippen LogP contribution in [-0.4, -0.2) is 37.2 Å². The summed E-state index contributed by atoms with van der Waals surface area (Å²) in [5.74, 6) is -0.102. The van der Waals surface area contributed by atoms with E-state index in [1.165, 1.54) is 141 Å². The van der Waals surface area contributed by atoms with Gasteiger partial charge in [0.1, 0.15) is 13.2 Å². The van der Waals surface area contributed by atoms with Gasteiger partial charge in [0.15, 0.2) is 6.10 Å². The summed E-state index contributed by atoms with van der Waals surface area (Å²) in [5, 5.41) is 0. The molecule has 0 saturated heterocycles. The molecule has 6 heteroatoms. The zero-order valence-corrected chi connectivity index (χ0v) is 34.6. The lowest BCUT2D eigenvalue weighted by Crippen LogP contribution is -2.30. The molecule has 0 radical (unpaired) electrons. The molecule has 1 atom stereocenters. The first kappa shape index (κ1) is 49.4. The molecule has 0 saturated carbocycles.